The number of hydrogen-bond acceptors (Lipinski definition) is 4. The van der Waals surface area contributed by atoms with Gasteiger partial charge in [-0.3, -0.25) is 9.98 Å². The molecule has 4 nitrogen and oxygen atoms in total. The van der Waals surface area contributed by atoms with Crippen LogP contribution in [0.2, 0.25) is 10.0 Å². The summed E-state index contributed by atoms with van der Waals surface area (Å²) in [6.07, 6.45) is 3.93. The molecule has 0 aliphatic carbocycles. The van der Waals surface area contributed by atoms with Crippen LogP contribution in [0.4, 0.5) is 0 Å². The second kappa shape index (κ2) is 10.4. The van der Waals surface area contributed by atoms with Crippen molar-refractivity contribution in [2.75, 3.05) is 13.1 Å². The molecule has 0 spiro atoms. The maximum absolute atomic E-state index is 9.64. The van der Waals surface area contributed by atoms with Gasteiger partial charge in [-0.15, -0.1) is 0 Å². The third-order valence-electron chi connectivity index (χ3n) is 3.01. The first kappa shape index (κ1) is 20.5. The summed E-state index contributed by atoms with van der Waals surface area (Å²) in [5.41, 5.74) is 1.18. The van der Waals surface area contributed by atoms with Gasteiger partial charge in [0.05, 0.1) is 0 Å². The van der Waals surface area contributed by atoms with Crippen LogP contribution in [0.5, 0.6) is 11.5 Å². The standard InChI is InChI=1S/C17H16Cl2N2O2.Fe/c18-14-2-4-16(22)12(8-14)10-20-6-1-7-21-11-13-9-15(19)3-5-17(13)23;/h2-5,8-11,22-23H,1,6-7H2;. The smallest absolute Gasteiger partial charge is 0.124 e. The van der Waals surface area contributed by atoms with Crippen molar-refractivity contribution in [2.45, 2.75) is 6.42 Å². The molecule has 128 valence electrons. The Morgan fingerprint density at radius 2 is 1.21 bits per heavy atom. The number of aromatic hydroxyl groups is 2. The quantitative estimate of drug-likeness (QED) is 0.426. The van der Waals surface area contributed by atoms with E-state index in [1.807, 2.05) is 0 Å². The van der Waals surface area contributed by atoms with Crippen molar-refractivity contribution >= 4 is 35.6 Å². The molecule has 0 saturated heterocycles. The molecule has 0 aliphatic rings. The van der Waals surface area contributed by atoms with Crippen LogP contribution < -0.4 is 0 Å². The molecule has 0 radical (unpaired) electrons. The molecule has 0 atom stereocenters. The summed E-state index contributed by atoms with van der Waals surface area (Å²) in [4.78, 5) is 8.46. The van der Waals surface area contributed by atoms with Crippen molar-refractivity contribution in [3.63, 3.8) is 0 Å². The molecule has 7 heteroatoms. The van der Waals surface area contributed by atoms with Gasteiger partial charge in [0, 0.05) is 63.8 Å². The van der Waals surface area contributed by atoms with Gasteiger partial charge in [0.15, 0.2) is 0 Å². The van der Waals surface area contributed by atoms with Gasteiger partial charge in [-0.1, -0.05) is 23.2 Å². The maximum Gasteiger partial charge on any atom is 0.124 e. The Morgan fingerprint density at radius 1 is 0.792 bits per heavy atom. The summed E-state index contributed by atoms with van der Waals surface area (Å²) in [6.45, 7) is 1.15. The van der Waals surface area contributed by atoms with Crippen molar-refractivity contribution in [2.24, 2.45) is 9.98 Å². The molecule has 0 aliphatic heterocycles. The molecule has 0 fully saturated rings. The normalized spacial score (nSPS) is 11.1. The minimum Gasteiger partial charge on any atom is -0.507 e. The number of rotatable bonds is 6. The van der Waals surface area contributed by atoms with Gasteiger partial charge in [0.1, 0.15) is 11.5 Å². The van der Waals surface area contributed by atoms with Crippen LogP contribution in [0, 0.1) is 0 Å². The van der Waals surface area contributed by atoms with E-state index in [1.165, 1.54) is 12.1 Å². The van der Waals surface area contributed by atoms with Crippen LogP contribution in [0.1, 0.15) is 17.5 Å². The Bertz CT molecular complexity index is 675. The average molecular weight is 407 g/mol. The third-order valence-corrected chi connectivity index (χ3v) is 3.48. The van der Waals surface area contributed by atoms with E-state index < -0.39 is 0 Å². The molecule has 2 rings (SSSR count). The summed E-state index contributed by atoms with van der Waals surface area (Å²) in [5.74, 6) is 0.292. The molecule has 0 aromatic heterocycles. The van der Waals surface area contributed by atoms with Crippen LogP contribution in [0.3, 0.4) is 0 Å². The molecule has 2 aromatic rings. The first-order valence-electron chi connectivity index (χ1n) is 7.03. The zero-order chi connectivity index (χ0) is 16.7. The number of aliphatic imine (C=N–C) groups is 2. The largest absolute Gasteiger partial charge is 0.507 e. The molecule has 2 N–H and O–H groups in total. The number of benzene rings is 2. The predicted octanol–water partition coefficient (Wildman–Crippen LogP) is 4.33. The minimum atomic E-state index is 0. The van der Waals surface area contributed by atoms with Crippen LogP contribution in [0.15, 0.2) is 46.4 Å². The number of phenols is 2. The van der Waals surface area contributed by atoms with Crippen LogP contribution >= 0.6 is 23.2 Å². The van der Waals surface area contributed by atoms with Gasteiger partial charge in [0.2, 0.25) is 0 Å². The molecule has 24 heavy (non-hydrogen) atoms. The number of halogens is 2. The molecule has 2 aromatic carbocycles. The van der Waals surface area contributed by atoms with E-state index in [4.69, 9.17) is 23.2 Å². The Balaban J connectivity index is 0.00000288. The van der Waals surface area contributed by atoms with Gasteiger partial charge in [-0.2, -0.15) is 0 Å². The number of hydrogen-bond donors (Lipinski definition) is 2. The number of nitrogens with zero attached hydrogens (tertiary/aromatic N) is 2. The predicted molar refractivity (Wildman–Crippen MR) is 95.8 cm³/mol. The molecular weight excluding hydrogens is 391 g/mol. The second-order valence-corrected chi connectivity index (χ2v) is 5.70. The van der Waals surface area contributed by atoms with Crippen molar-refractivity contribution in [3.05, 3.63) is 57.6 Å². The molecule has 0 unspecified atom stereocenters. The Morgan fingerprint density at radius 3 is 1.62 bits per heavy atom. The Hall–Kier alpha value is -1.52. The number of phenolic OH excluding ortho intramolecular Hbond substituents is 2. The SMILES string of the molecule is Oc1ccc(Cl)cc1C=NCCCN=Cc1cc(Cl)ccc1O.[Fe]. The van der Waals surface area contributed by atoms with E-state index in [2.05, 4.69) is 9.98 Å². The van der Waals surface area contributed by atoms with Crippen molar-refractivity contribution in [3.8, 4) is 11.5 Å². The van der Waals surface area contributed by atoms with Crippen molar-refractivity contribution in [1.29, 1.82) is 0 Å². The molecule has 0 bridgehead atoms. The van der Waals surface area contributed by atoms with E-state index in [0.717, 1.165) is 6.42 Å². The van der Waals surface area contributed by atoms with Gasteiger partial charge in [-0.05, 0) is 42.8 Å². The van der Waals surface area contributed by atoms with E-state index >= 15 is 0 Å². The van der Waals surface area contributed by atoms with E-state index in [9.17, 15) is 10.2 Å². The van der Waals surface area contributed by atoms with Gasteiger partial charge in [-0.25, -0.2) is 0 Å². The first-order chi connectivity index (χ1) is 11.1. The van der Waals surface area contributed by atoms with E-state index in [1.54, 1.807) is 36.7 Å². The van der Waals surface area contributed by atoms with Crippen LogP contribution in [-0.4, -0.2) is 35.7 Å². The molecule has 0 heterocycles. The van der Waals surface area contributed by atoms with Crippen molar-refractivity contribution < 1.29 is 27.3 Å². The molecule has 0 amide bonds. The summed E-state index contributed by atoms with van der Waals surface area (Å²) in [7, 11) is 0. The first-order valence-corrected chi connectivity index (χ1v) is 7.78. The molecular formula is C17H16Cl2FeN2O2. The van der Waals surface area contributed by atoms with E-state index in [-0.39, 0.29) is 28.6 Å². The van der Waals surface area contributed by atoms with Crippen molar-refractivity contribution in [1.82, 2.24) is 0 Å². The summed E-state index contributed by atoms with van der Waals surface area (Å²) in [5, 5.41) is 20.4. The van der Waals surface area contributed by atoms with Crippen LogP contribution in [0.25, 0.3) is 0 Å². The van der Waals surface area contributed by atoms with Crippen LogP contribution in [-0.2, 0) is 17.1 Å². The fourth-order valence-corrected chi connectivity index (χ4v) is 2.20. The third kappa shape index (κ3) is 6.54. The second-order valence-electron chi connectivity index (χ2n) is 4.83. The average Bonchev–Trinajstić information content (AvgIpc) is 2.52. The summed E-state index contributed by atoms with van der Waals surface area (Å²) >= 11 is 11.7. The Kier molecular flexibility index (Phi) is 8.86. The molecule has 0 saturated carbocycles. The van der Waals surface area contributed by atoms with Gasteiger partial charge in [0.25, 0.3) is 0 Å². The summed E-state index contributed by atoms with van der Waals surface area (Å²) < 4.78 is 0. The maximum atomic E-state index is 9.64. The fourth-order valence-electron chi connectivity index (χ4n) is 1.84. The Labute approximate surface area is 161 Å². The minimum absolute atomic E-state index is 0. The monoisotopic (exact) mass is 406 g/mol. The van der Waals surface area contributed by atoms with Gasteiger partial charge >= 0.3 is 0 Å². The van der Waals surface area contributed by atoms with Gasteiger partial charge < -0.3 is 10.2 Å². The van der Waals surface area contributed by atoms with E-state index in [0.29, 0.717) is 34.3 Å². The zero-order valence-corrected chi connectivity index (χ0v) is 15.3. The fraction of sp³-hybridized carbons (Fsp3) is 0.176. The summed E-state index contributed by atoms with van der Waals surface area (Å²) in [6, 6.07) is 9.61. The zero-order valence-electron chi connectivity index (χ0n) is 12.6. The topological polar surface area (TPSA) is 65.2 Å².